The van der Waals surface area contributed by atoms with Gasteiger partial charge in [-0.3, -0.25) is 0 Å². The molecule has 4 heteroatoms. The molecule has 0 fully saturated rings. The first-order valence-corrected chi connectivity index (χ1v) is 5.38. The van der Waals surface area contributed by atoms with E-state index in [-0.39, 0.29) is 5.82 Å². The Kier molecular flexibility index (Phi) is 3.20. The van der Waals surface area contributed by atoms with Gasteiger partial charge in [0.2, 0.25) is 0 Å². The lowest BCUT2D eigenvalue weighted by molar-refractivity contribution is 0.416. The third kappa shape index (κ3) is 2.34. The molecule has 2 nitrogen and oxygen atoms in total. The van der Waals surface area contributed by atoms with E-state index in [1.54, 1.807) is 31.4 Å². The quantitative estimate of drug-likeness (QED) is 0.826. The molecule has 0 aromatic heterocycles. The summed E-state index contributed by atoms with van der Waals surface area (Å²) in [5.41, 5.74) is 7.59. The number of ether oxygens (including phenoxy) is 1. The normalized spacial score (nSPS) is 10.3. The number of nitrogens with two attached hydrogens (primary N) is 1. The second-order valence-electron chi connectivity index (χ2n) is 3.58. The molecule has 0 saturated carbocycles. The fourth-order valence-electron chi connectivity index (χ4n) is 1.67. The van der Waals surface area contributed by atoms with Crippen LogP contribution < -0.4 is 10.5 Å². The van der Waals surface area contributed by atoms with Crippen molar-refractivity contribution in [2.45, 2.75) is 0 Å². The summed E-state index contributed by atoms with van der Waals surface area (Å²) < 4.78 is 18.2. The number of anilines is 1. The van der Waals surface area contributed by atoms with Crippen molar-refractivity contribution >= 4 is 17.3 Å². The lowest BCUT2D eigenvalue weighted by atomic mass is 10.0. The monoisotopic (exact) mass is 251 g/mol. The number of nitrogen functional groups attached to an aromatic ring is 1. The van der Waals surface area contributed by atoms with E-state index in [0.29, 0.717) is 22.0 Å². The summed E-state index contributed by atoms with van der Waals surface area (Å²) in [4.78, 5) is 0. The van der Waals surface area contributed by atoms with Crippen LogP contribution in [0.1, 0.15) is 0 Å². The molecule has 0 unspecified atom stereocenters. The minimum Gasteiger partial charge on any atom is -0.496 e. The summed E-state index contributed by atoms with van der Waals surface area (Å²) in [6.45, 7) is 0. The van der Waals surface area contributed by atoms with Crippen molar-refractivity contribution in [1.82, 2.24) is 0 Å². The van der Waals surface area contributed by atoms with Gasteiger partial charge in [-0.05, 0) is 36.4 Å². The first kappa shape index (κ1) is 11.7. The molecule has 0 radical (unpaired) electrons. The van der Waals surface area contributed by atoms with Crippen molar-refractivity contribution in [2.24, 2.45) is 0 Å². The second-order valence-corrected chi connectivity index (χ2v) is 4.01. The lowest BCUT2D eigenvalue weighted by Gasteiger charge is -2.11. The molecule has 88 valence electrons. The van der Waals surface area contributed by atoms with Gasteiger partial charge in [0.25, 0.3) is 0 Å². The van der Waals surface area contributed by atoms with Crippen LogP contribution in [0, 0.1) is 5.82 Å². The van der Waals surface area contributed by atoms with Crippen molar-refractivity contribution in [3.63, 3.8) is 0 Å². The van der Waals surface area contributed by atoms with Crippen LogP contribution in [0.2, 0.25) is 5.02 Å². The summed E-state index contributed by atoms with van der Waals surface area (Å²) in [6, 6.07) is 9.45. The average molecular weight is 252 g/mol. The largest absolute Gasteiger partial charge is 0.496 e. The van der Waals surface area contributed by atoms with Crippen molar-refractivity contribution in [2.75, 3.05) is 12.8 Å². The van der Waals surface area contributed by atoms with Gasteiger partial charge in [0, 0.05) is 21.8 Å². The number of halogens is 2. The molecule has 0 aliphatic carbocycles. The van der Waals surface area contributed by atoms with E-state index in [2.05, 4.69) is 0 Å². The molecule has 2 rings (SSSR count). The topological polar surface area (TPSA) is 35.2 Å². The second kappa shape index (κ2) is 4.63. The van der Waals surface area contributed by atoms with E-state index in [1.807, 2.05) is 0 Å². The minimum absolute atomic E-state index is 0.352. The number of hydrogen-bond acceptors (Lipinski definition) is 2. The maximum Gasteiger partial charge on any atom is 0.126 e. The Morgan fingerprint density at radius 2 is 1.88 bits per heavy atom. The van der Waals surface area contributed by atoms with Crippen molar-refractivity contribution in [3.8, 4) is 16.9 Å². The van der Waals surface area contributed by atoms with E-state index >= 15 is 0 Å². The third-order valence-corrected chi connectivity index (χ3v) is 2.70. The molecule has 0 aliphatic rings. The summed E-state index contributed by atoms with van der Waals surface area (Å²) in [7, 11) is 1.56. The van der Waals surface area contributed by atoms with E-state index in [1.165, 1.54) is 12.1 Å². The summed E-state index contributed by atoms with van der Waals surface area (Å²) in [6.07, 6.45) is 0. The molecular formula is C13H11ClFNO. The van der Waals surface area contributed by atoms with Crippen molar-refractivity contribution < 1.29 is 9.13 Å². The van der Waals surface area contributed by atoms with Gasteiger partial charge >= 0.3 is 0 Å². The molecule has 0 atom stereocenters. The molecule has 2 N–H and O–H groups in total. The van der Waals surface area contributed by atoms with Crippen LogP contribution in [0.5, 0.6) is 5.75 Å². The molecule has 0 saturated heterocycles. The van der Waals surface area contributed by atoms with Crippen LogP contribution in [-0.4, -0.2) is 7.11 Å². The minimum atomic E-state index is -0.368. The maximum absolute atomic E-state index is 13.0. The summed E-state index contributed by atoms with van der Waals surface area (Å²) in [5, 5.41) is 0.574. The van der Waals surface area contributed by atoms with Gasteiger partial charge < -0.3 is 10.5 Å². The maximum atomic E-state index is 13.0. The molecule has 0 aliphatic heterocycles. The third-order valence-electron chi connectivity index (χ3n) is 2.47. The fourth-order valence-corrected chi connectivity index (χ4v) is 1.84. The Hall–Kier alpha value is -1.74. The van der Waals surface area contributed by atoms with Crippen LogP contribution >= 0.6 is 11.6 Å². The summed E-state index contributed by atoms with van der Waals surface area (Å²) >= 11 is 5.94. The Labute approximate surface area is 104 Å². The first-order chi connectivity index (χ1) is 8.11. The lowest BCUT2D eigenvalue weighted by Crippen LogP contribution is -1.94. The van der Waals surface area contributed by atoms with Gasteiger partial charge in [-0.15, -0.1) is 0 Å². The fraction of sp³-hybridized carbons (Fsp3) is 0.0769. The van der Waals surface area contributed by atoms with Crippen LogP contribution in [0.4, 0.5) is 10.1 Å². The van der Waals surface area contributed by atoms with E-state index in [9.17, 15) is 4.39 Å². The Morgan fingerprint density at radius 1 is 1.12 bits per heavy atom. The van der Waals surface area contributed by atoms with Gasteiger partial charge in [-0.1, -0.05) is 11.6 Å². The molecule has 0 heterocycles. The number of methoxy groups -OCH3 is 1. The van der Waals surface area contributed by atoms with E-state index in [0.717, 1.165) is 5.56 Å². The molecule has 0 amide bonds. The van der Waals surface area contributed by atoms with Crippen LogP contribution in [0.3, 0.4) is 0 Å². The molecule has 2 aromatic rings. The van der Waals surface area contributed by atoms with Crippen LogP contribution in [0.15, 0.2) is 36.4 Å². The SMILES string of the molecule is COc1ccc(Cl)cc1-c1ccc(F)cc1N. The highest BCUT2D eigenvalue weighted by Gasteiger charge is 2.10. The molecule has 17 heavy (non-hydrogen) atoms. The predicted molar refractivity (Wildman–Crippen MR) is 67.8 cm³/mol. The number of benzene rings is 2. The zero-order chi connectivity index (χ0) is 12.4. The van der Waals surface area contributed by atoms with Gasteiger partial charge in [-0.25, -0.2) is 4.39 Å². The smallest absolute Gasteiger partial charge is 0.126 e. The average Bonchev–Trinajstić information content (AvgIpc) is 2.29. The van der Waals surface area contributed by atoms with E-state index < -0.39 is 0 Å². The molecule has 2 aromatic carbocycles. The first-order valence-electron chi connectivity index (χ1n) is 5.01. The Balaban J connectivity index is 2.62. The number of rotatable bonds is 2. The Morgan fingerprint density at radius 3 is 2.53 bits per heavy atom. The van der Waals surface area contributed by atoms with Gasteiger partial charge in [0.05, 0.1) is 7.11 Å². The molecular weight excluding hydrogens is 241 g/mol. The van der Waals surface area contributed by atoms with E-state index in [4.69, 9.17) is 22.1 Å². The standard InChI is InChI=1S/C13H11ClFNO/c1-17-13-5-2-8(14)6-11(13)10-4-3-9(15)7-12(10)16/h2-7H,16H2,1H3. The zero-order valence-corrected chi connectivity index (χ0v) is 9.96. The van der Waals surface area contributed by atoms with Gasteiger partial charge in [0.15, 0.2) is 0 Å². The van der Waals surface area contributed by atoms with Crippen LogP contribution in [0.25, 0.3) is 11.1 Å². The number of hydrogen-bond donors (Lipinski definition) is 1. The highest BCUT2D eigenvalue weighted by molar-refractivity contribution is 6.31. The predicted octanol–water partition coefficient (Wildman–Crippen LogP) is 3.74. The zero-order valence-electron chi connectivity index (χ0n) is 9.21. The molecule has 0 bridgehead atoms. The molecule has 0 spiro atoms. The van der Waals surface area contributed by atoms with Gasteiger partial charge in [-0.2, -0.15) is 0 Å². The summed E-state index contributed by atoms with van der Waals surface area (Å²) in [5.74, 6) is 0.278. The highest BCUT2D eigenvalue weighted by Crippen LogP contribution is 2.35. The highest BCUT2D eigenvalue weighted by atomic mass is 35.5. The van der Waals surface area contributed by atoms with Crippen molar-refractivity contribution in [1.29, 1.82) is 0 Å². The van der Waals surface area contributed by atoms with Crippen LogP contribution in [-0.2, 0) is 0 Å². The van der Waals surface area contributed by atoms with Gasteiger partial charge in [0.1, 0.15) is 11.6 Å². The van der Waals surface area contributed by atoms with Crippen molar-refractivity contribution in [3.05, 3.63) is 47.2 Å². The Bertz CT molecular complexity index is 557.